The Morgan fingerprint density at radius 3 is 2.04 bits per heavy atom. The van der Waals surface area contributed by atoms with Crippen LogP contribution in [0.4, 0.5) is 14.5 Å². The Balaban J connectivity index is 2.07. The molecular formula is C16H12F2N2O4. The number of carbonyl (C=O) groups excluding carboxylic acids is 2. The number of rotatable bonds is 5. The van der Waals surface area contributed by atoms with Crippen molar-refractivity contribution < 1.29 is 28.3 Å². The lowest BCUT2D eigenvalue weighted by Gasteiger charge is -2.08. The molecule has 2 rings (SSSR count). The van der Waals surface area contributed by atoms with Gasteiger partial charge in [0.15, 0.2) is 0 Å². The SMILES string of the molecule is O=C(O)CNC(=O)c1ccc(NC(=O)c2c(F)cccc2F)cc1. The van der Waals surface area contributed by atoms with E-state index in [0.29, 0.717) is 0 Å². The van der Waals surface area contributed by atoms with Crippen molar-refractivity contribution in [3.05, 3.63) is 65.2 Å². The van der Waals surface area contributed by atoms with E-state index in [-0.39, 0.29) is 11.3 Å². The first-order valence-electron chi connectivity index (χ1n) is 6.74. The minimum absolute atomic E-state index is 0.173. The summed E-state index contributed by atoms with van der Waals surface area (Å²) in [4.78, 5) is 33.9. The Labute approximate surface area is 135 Å². The molecule has 24 heavy (non-hydrogen) atoms. The molecule has 6 nitrogen and oxygen atoms in total. The average molecular weight is 334 g/mol. The smallest absolute Gasteiger partial charge is 0.322 e. The van der Waals surface area contributed by atoms with Gasteiger partial charge < -0.3 is 15.7 Å². The van der Waals surface area contributed by atoms with E-state index in [9.17, 15) is 23.2 Å². The number of hydrogen-bond acceptors (Lipinski definition) is 3. The molecular weight excluding hydrogens is 322 g/mol. The maximum Gasteiger partial charge on any atom is 0.322 e. The van der Waals surface area contributed by atoms with Crippen molar-refractivity contribution in [2.75, 3.05) is 11.9 Å². The normalized spacial score (nSPS) is 10.1. The van der Waals surface area contributed by atoms with Crippen molar-refractivity contribution >= 4 is 23.5 Å². The first kappa shape index (κ1) is 17.1. The maximum absolute atomic E-state index is 13.5. The predicted octanol–water partition coefficient (Wildman–Crippen LogP) is 2.03. The summed E-state index contributed by atoms with van der Waals surface area (Å²) in [5.74, 6) is -4.72. The quantitative estimate of drug-likeness (QED) is 0.780. The zero-order chi connectivity index (χ0) is 17.7. The molecule has 0 aliphatic rings. The van der Waals surface area contributed by atoms with Crippen LogP contribution < -0.4 is 10.6 Å². The summed E-state index contributed by atoms with van der Waals surface area (Å²) in [6, 6.07) is 8.46. The third kappa shape index (κ3) is 4.13. The summed E-state index contributed by atoms with van der Waals surface area (Å²) in [6.07, 6.45) is 0. The molecule has 0 fully saturated rings. The van der Waals surface area contributed by atoms with Crippen molar-refractivity contribution in [2.45, 2.75) is 0 Å². The molecule has 2 amide bonds. The van der Waals surface area contributed by atoms with Crippen molar-refractivity contribution in [2.24, 2.45) is 0 Å². The molecule has 0 bridgehead atoms. The highest BCUT2D eigenvalue weighted by molar-refractivity contribution is 6.05. The highest BCUT2D eigenvalue weighted by atomic mass is 19.1. The fraction of sp³-hybridized carbons (Fsp3) is 0.0625. The van der Waals surface area contributed by atoms with Crippen LogP contribution in [0, 0.1) is 11.6 Å². The number of nitrogens with one attached hydrogen (secondary N) is 2. The van der Waals surface area contributed by atoms with Gasteiger partial charge in [-0.05, 0) is 36.4 Å². The largest absolute Gasteiger partial charge is 0.480 e. The first-order valence-corrected chi connectivity index (χ1v) is 6.74. The molecule has 0 heterocycles. The molecule has 2 aromatic rings. The summed E-state index contributed by atoms with van der Waals surface area (Å²) in [7, 11) is 0. The number of benzene rings is 2. The summed E-state index contributed by atoms with van der Waals surface area (Å²) in [6.45, 7) is -0.524. The van der Waals surface area contributed by atoms with Crippen LogP contribution in [-0.2, 0) is 4.79 Å². The number of carboxylic acid groups (broad SMARTS) is 1. The summed E-state index contributed by atoms with van der Waals surface area (Å²) < 4.78 is 27.0. The first-order chi connectivity index (χ1) is 11.4. The lowest BCUT2D eigenvalue weighted by Crippen LogP contribution is -2.29. The van der Waals surface area contributed by atoms with Crippen molar-refractivity contribution in [1.29, 1.82) is 0 Å². The monoisotopic (exact) mass is 334 g/mol. The molecule has 0 atom stereocenters. The van der Waals surface area contributed by atoms with Crippen LogP contribution in [0.3, 0.4) is 0 Å². The molecule has 0 saturated heterocycles. The van der Waals surface area contributed by atoms with Crippen LogP contribution in [0.25, 0.3) is 0 Å². The van der Waals surface area contributed by atoms with Crippen molar-refractivity contribution in [3.63, 3.8) is 0 Å². The van der Waals surface area contributed by atoms with Crippen LogP contribution >= 0.6 is 0 Å². The maximum atomic E-state index is 13.5. The third-order valence-corrected chi connectivity index (χ3v) is 2.99. The summed E-state index contributed by atoms with van der Waals surface area (Å²) >= 11 is 0. The zero-order valence-electron chi connectivity index (χ0n) is 12.2. The van der Waals surface area contributed by atoms with Gasteiger partial charge in [0.1, 0.15) is 23.7 Å². The Bertz CT molecular complexity index is 771. The van der Waals surface area contributed by atoms with Crippen molar-refractivity contribution in [1.82, 2.24) is 5.32 Å². The van der Waals surface area contributed by atoms with Gasteiger partial charge in [-0.3, -0.25) is 14.4 Å². The number of carboxylic acids is 1. The van der Waals surface area contributed by atoms with Crippen LogP contribution in [0.2, 0.25) is 0 Å². The van der Waals surface area contributed by atoms with Gasteiger partial charge in [0.05, 0.1) is 0 Å². The molecule has 0 saturated carbocycles. The van der Waals surface area contributed by atoms with Gasteiger partial charge in [-0.1, -0.05) is 6.07 Å². The summed E-state index contributed by atoms with van der Waals surface area (Å²) in [5.41, 5.74) is -0.315. The lowest BCUT2D eigenvalue weighted by atomic mass is 10.1. The second-order valence-electron chi connectivity index (χ2n) is 4.70. The minimum Gasteiger partial charge on any atom is -0.480 e. The fourth-order valence-electron chi connectivity index (χ4n) is 1.87. The summed E-state index contributed by atoms with van der Waals surface area (Å²) in [5, 5.41) is 13.0. The van der Waals surface area contributed by atoms with Crippen LogP contribution in [0.15, 0.2) is 42.5 Å². The Kier molecular flexibility index (Phi) is 5.20. The number of anilines is 1. The topological polar surface area (TPSA) is 95.5 Å². The van der Waals surface area contributed by atoms with Gasteiger partial charge in [0, 0.05) is 11.3 Å². The minimum atomic E-state index is -1.18. The van der Waals surface area contributed by atoms with E-state index in [1.165, 1.54) is 24.3 Å². The van der Waals surface area contributed by atoms with E-state index in [4.69, 9.17) is 5.11 Å². The molecule has 2 aromatic carbocycles. The molecule has 0 spiro atoms. The second kappa shape index (κ2) is 7.32. The highest BCUT2D eigenvalue weighted by Crippen LogP contribution is 2.16. The van der Waals surface area contributed by atoms with Crippen LogP contribution in [0.5, 0.6) is 0 Å². The molecule has 0 aliphatic heterocycles. The van der Waals surface area contributed by atoms with Gasteiger partial charge in [0.2, 0.25) is 0 Å². The van der Waals surface area contributed by atoms with Gasteiger partial charge in [0.25, 0.3) is 11.8 Å². The standard InChI is InChI=1S/C16H12F2N2O4/c17-11-2-1-3-12(18)14(11)16(24)20-10-6-4-9(5-7-10)15(23)19-8-13(21)22/h1-7H,8H2,(H,19,23)(H,20,24)(H,21,22). The molecule has 3 N–H and O–H groups in total. The number of aliphatic carboxylic acids is 1. The van der Waals surface area contributed by atoms with Crippen molar-refractivity contribution in [3.8, 4) is 0 Å². The second-order valence-corrected chi connectivity index (χ2v) is 4.70. The molecule has 124 valence electrons. The third-order valence-electron chi connectivity index (χ3n) is 2.99. The Morgan fingerprint density at radius 1 is 0.917 bits per heavy atom. The zero-order valence-corrected chi connectivity index (χ0v) is 12.2. The van der Waals surface area contributed by atoms with Gasteiger partial charge in [-0.2, -0.15) is 0 Å². The van der Waals surface area contributed by atoms with E-state index in [0.717, 1.165) is 18.2 Å². The molecule has 0 radical (unpaired) electrons. The average Bonchev–Trinajstić information content (AvgIpc) is 2.53. The van der Waals surface area contributed by atoms with Crippen LogP contribution in [0.1, 0.15) is 20.7 Å². The molecule has 0 unspecified atom stereocenters. The number of carbonyl (C=O) groups is 3. The van der Waals surface area contributed by atoms with Gasteiger partial charge >= 0.3 is 5.97 Å². The molecule has 8 heteroatoms. The highest BCUT2D eigenvalue weighted by Gasteiger charge is 2.17. The van der Waals surface area contributed by atoms with Crippen LogP contribution in [-0.4, -0.2) is 29.4 Å². The fourth-order valence-corrected chi connectivity index (χ4v) is 1.87. The van der Waals surface area contributed by atoms with E-state index >= 15 is 0 Å². The molecule has 0 aliphatic carbocycles. The van der Waals surface area contributed by atoms with Gasteiger partial charge in [-0.15, -0.1) is 0 Å². The van der Waals surface area contributed by atoms with Gasteiger partial charge in [-0.25, -0.2) is 8.78 Å². The van der Waals surface area contributed by atoms with E-state index < -0.39 is 41.5 Å². The number of amides is 2. The molecule has 0 aromatic heterocycles. The Morgan fingerprint density at radius 2 is 1.50 bits per heavy atom. The number of halogens is 2. The lowest BCUT2D eigenvalue weighted by molar-refractivity contribution is -0.135. The Hall–Kier alpha value is -3.29. The van der Waals surface area contributed by atoms with E-state index in [1.54, 1.807) is 0 Å². The predicted molar refractivity (Wildman–Crippen MR) is 80.7 cm³/mol. The van der Waals surface area contributed by atoms with E-state index in [1.807, 2.05) is 0 Å². The number of hydrogen-bond donors (Lipinski definition) is 3. The van der Waals surface area contributed by atoms with E-state index in [2.05, 4.69) is 10.6 Å².